The van der Waals surface area contributed by atoms with E-state index in [9.17, 15) is 0 Å². The monoisotopic (exact) mass is 688 g/mol. The number of para-hydroxylation sites is 1. The zero-order valence-electron chi connectivity index (χ0n) is 28.9. The second-order valence-electron chi connectivity index (χ2n) is 14.0. The fourth-order valence-corrected chi connectivity index (χ4v) is 8.48. The van der Waals surface area contributed by atoms with E-state index in [-0.39, 0.29) is 0 Å². The lowest BCUT2D eigenvalue weighted by atomic mass is 10.0. The maximum absolute atomic E-state index is 6.47. The summed E-state index contributed by atoms with van der Waals surface area (Å²) in [5.41, 5.74) is 10.2. The number of rotatable bonds is 4. The number of benzene rings is 8. The Kier molecular flexibility index (Phi) is 5.99. The highest BCUT2D eigenvalue weighted by Gasteiger charge is 2.22. The average Bonchev–Trinajstić information content (AvgIpc) is 3.75. The Bertz CT molecular complexity index is 3450. The van der Waals surface area contributed by atoms with Crippen molar-refractivity contribution < 1.29 is 4.42 Å². The number of nitrogens with zero attached hydrogens (tertiary/aromatic N) is 4. The molecule has 4 heterocycles. The van der Waals surface area contributed by atoms with Gasteiger partial charge in [-0.05, 0) is 69.8 Å². The molecule has 0 radical (unpaired) electrons. The predicted molar refractivity (Wildman–Crippen MR) is 221 cm³/mol. The number of hydrogen-bond donors (Lipinski definition) is 0. The topological polar surface area (TPSA) is 56.2 Å². The number of furan rings is 1. The van der Waals surface area contributed by atoms with E-state index in [0.29, 0.717) is 17.5 Å². The van der Waals surface area contributed by atoms with Gasteiger partial charge in [-0.2, -0.15) is 0 Å². The molecule has 0 saturated carbocycles. The third-order valence-corrected chi connectivity index (χ3v) is 11.0. The van der Waals surface area contributed by atoms with Crippen molar-refractivity contribution in [1.82, 2.24) is 19.4 Å². The normalized spacial score (nSPS) is 12.1. The van der Waals surface area contributed by atoms with Crippen LogP contribution in [0.15, 0.2) is 174 Å². The smallest absolute Gasteiger partial charge is 0.164 e. The molecule has 0 aliphatic carbocycles. The first-order chi connectivity index (χ1) is 26.7. The molecule has 0 atom stereocenters. The van der Waals surface area contributed by atoms with Gasteiger partial charge in [-0.1, -0.05) is 127 Å². The van der Waals surface area contributed by atoms with Gasteiger partial charge in [-0.25, -0.2) is 15.0 Å². The minimum Gasteiger partial charge on any atom is -0.456 e. The van der Waals surface area contributed by atoms with Gasteiger partial charge in [0.05, 0.1) is 21.9 Å². The average molecular weight is 689 g/mol. The van der Waals surface area contributed by atoms with Crippen molar-refractivity contribution in [2.45, 2.75) is 0 Å². The van der Waals surface area contributed by atoms with E-state index in [2.05, 4.69) is 168 Å². The van der Waals surface area contributed by atoms with Crippen LogP contribution in [0.3, 0.4) is 0 Å². The summed E-state index contributed by atoms with van der Waals surface area (Å²) in [5.74, 6) is 1.87. The summed E-state index contributed by atoms with van der Waals surface area (Å²) in [6, 6.07) is 59.7. The van der Waals surface area contributed by atoms with Crippen LogP contribution in [0.4, 0.5) is 0 Å². The standard InChI is InChI=1S/C49H28N4O/c1-2-10-29(11-3-1)32-14-8-15-33(26-32)47-50-48(34-21-20-30-12-4-5-13-31(30)27-34)52-49(51-47)35-22-23-37-38-17-9-19-42-44(38)45-43(54-42)25-24-39-36-16-6-7-18-40(36)53(46(39)45)41(37)28-35/h1-28H. The fourth-order valence-electron chi connectivity index (χ4n) is 8.48. The zero-order chi connectivity index (χ0) is 35.3. The maximum Gasteiger partial charge on any atom is 0.164 e. The Morgan fingerprint density at radius 1 is 0.352 bits per heavy atom. The first-order valence-corrected chi connectivity index (χ1v) is 18.2. The summed E-state index contributed by atoms with van der Waals surface area (Å²) < 4.78 is 8.88. The van der Waals surface area contributed by atoms with E-state index in [1.165, 1.54) is 16.2 Å². The largest absolute Gasteiger partial charge is 0.456 e. The Morgan fingerprint density at radius 2 is 0.963 bits per heavy atom. The van der Waals surface area contributed by atoms with Crippen LogP contribution in [0.5, 0.6) is 0 Å². The summed E-state index contributed by atoms with van der Waals surface area (Å²) in [6.07, 6.45) is 0. The van der Waals surface area contributed by atoms with E-state index in [1.54, 1.807) is 0 Å². The SMILES string of the molecule is c1ccc(-c2cccc(-c3nc(-c4ccc5ccccc5c4)nc(-c4ccc5c6cccc7oc8ccc9c%10ccccc%10n(c5c4)c9c8c76)n3)c2)cc1. The van der Waals surface area contributed by atoms with Crippen LogP contribution in [0.25, 0.3) is 116 Å². The Labute approximate surface area is 308 Å². The van der Waals surface area contributed by atoms with Gasteiger partial charge in [0.15, 0.2) is 17.5 Å². The van der Waals surface area contributed by atoms with Crippen LogP contribution in [0.1, 0.15) is 0 Å². The highest BCUT2D eigenvalue weighted by Crippen LogP contribution is 2.44. The summed E-state index contributed by atoms with van der Waals surface area (Å²) in [4.78, 5) is 15.6. The molecule has 0 bridgehead atoms. The molecule has 5 heteroatoms. The number of fused-ring (bicyclic) bond motifs is 7. The quantitative estimate of drug-likeness (QED) is 0.185. The molecule has 0 aliphatic heterocycles. The van der Waals surface area contributed by atoms with Crippen molar-refractivity contribution in [2.75, 3.05) is 0 Å². The molecule has 0 spiro atoms. The molecule has 0 aliphatic rings. The molecule has 0 amide bonds. The van der Waals surface area contributed by atoms with Gasteiger partial charge in [0.1, 0.15) is 11.2 Å². The van der Waals surface area contributed by atoms with Gasteiger partial charge >= 0.3 is 0 Å². The van der Waals surface area contributed by atoms with Gasteiger partial charge in [0.25, 0.3) is 0 Å². The van der Waals surface area contributed by atoms with Crippen molar-refractivity contribution >= 4 is 70.8 Å². The minimum absolute atomic E-state index is 0.617. The third-order valence-electron chi connectivity index (χ3n) is 11.0. The molecule has 250 valence electrons. The summed E-state index contributed by atoms with van der Waals surface area (Å²) in [6.45, 7) is 0. The molecular weight excluding hydrogens is 661 g/mol. The molecule has 4 aromatic heterocycles. The van der Waals surface area contributed by atoms with E-state index in [1.807, 2.05) is 6.07 Å². The third kappa shape index (κ3) is 4.24. The van der Waals surface area contributed by atoms with Crippen LogP contribution in [-0.2, 0) is 0 Å². The lowest BCUT2D eigenvalue weighted by Gasteiger charge is -2.11. The number of aromatic nitrogens is 4. The van der Waals surface area contributed by atoms with Crippen molar-refractivity contribution in [1.29, 1.82) is 0 Å². The van der Waals surface area contributed by atoms with Gasteiger partial charge in [0, 0.05) is 38.2 Å². The van der Waals surface area contributed by atoms with E-state index >= 15 is 0 Å². The van der Waals surface area contributed by atoms with Gasteiger partial charge in [-0.3, -0.25) is 0 Å². The predicted octanol–water partition coefficient (Wildman–Crippen LogP) is 12.7. The van der Waals surface area contributed by atoms with Crippen molar-refractivity contribution in [3.05, 3.63) is 170 Å². The van der Waals surface area contributed by atoms with Crippen LogP contribution in [0, 0.1) is 0 Å². The van der Waals surface area contributed by atoms with E-state index in [0.717, 1.165) is 82.5 Å². The molecule has 8 aromatic carbocycles. The second-order valence-corrected chi connectivity index (χ2v) is 14.0. The molecule has 12 rings (SSSR count). The molecule has 0 N–H and O–H groups in total. The van der Waals surface area contributed by atoms with Crippen molar-refractivity contribution in [3.8, 4) is 45.3 Å². The van der Waals surface area contributed by atoms with Crippen molar-refractivity contribution in [2.24, 2.45) is 0 Å². The van der Waals surface area contributed by atoms with Crippen molar-refractivity contribution in [3.63, 3.8) is 0 Å². The van der Waals surface area contributed by atoms with Crippen LogP contribution >= 0.6 is 0 Å². The molecule has 0 fully saturated rings. The first-order valence-electron chi connectivity index (χ1n) is 18.2. The maximum atomic E-state index is 6.47. The molecule has 0 unspecified atom stereocenters. The second kappa shape index (κ2) is 11.1. The molecule has 0 saturated heterocycles. The van der Waals surface area contributed by atoms with Gasteiger partial charge in [-0.15, -0.1) is 0 Å². The van der Waals surface area contributed by atoms with Gasteiger partial charge in [0.2, 0.25) is 0 Å². The van der Waals surface area contributed by atoms with E-state index in [4.69, 9.17) is 19.4 Å². The lowest BCUT2D eigenvalue weighted by molar-refractivity contribution is 0.669. The molecule has 54 heavy (non-hydrogen) atoms. The summed E-state index contributed by atoms with van der Waals surface area (Å²) in [5, 5.41) is 9.29. The summed E-state index contributed by atoms with van der Waals surface area (Å²) in [7, 11) is 0. The fraction of sp³-hybridized carbons (Fsp3) is 0. The minimum atomic E-state index is 0.617. The Morgan fingerprint density at radius 3 is 1.83 bits per heavy atom. The van der Waals surface area contributed by atoms with Crippen LogP contribution in [0.2, 0.25) is 0 Å². The summed E-state index contributed by atoms with van der Waals surface area (Å²) >= 11 is 0. The molecular formula is C49H28N4O. The molecule has 5 nitrogen and oxygen atoms in total. The molecule has 12 aromatic rings. The first kappa shape index (κ1) is 29.2. The zero-order valence-corrected chi connectivity index (χ0v) is 28.9. The van der Waals surface area contributed by atoms with Gasteiger partial charge < -0.3 is 8.82 Å². The number of hydrogen-bond acceptors (Lipinski definition) is 4. The Hall–Kier alpha value is -7.37. The van der Waals surface area contributed by atoms with Crippen LogP contribution in [-0.4, -0.2) is 19.4 Å². The van der Waals surface area contributed by atoms with E-state index < -0.39 is 0 Å². The lowest BCUT2D eigenvalue weighted by Crippen LogP contribution is -2.00. The highest BCUT2D eigenvalue weighted by atomic mass is 16.3. The highest BCUT2D eigenvalue weighted by molar-refractivity contribution is 6.31. The Balaban J connectivity index is 1.16. The van der Waals surface area contributed by atoms with Crippen LogP contribution < -0.4 is 0 Å².